The van der Waals surface area contributed by atoms with Crippen LogP contribution in [0.5, 0.6) is 0 Å². The minimum atomic E-state index is 0.0528. The largest absolute Gasteiger partial charge is 0.432 e. The lowest BCUT2D eigenvalue weighted by atomic mass is 9.87. The van der Waals surface area contributed by atoms with Gasteiger partial charge in [0, 0.05) is 18.8 Å². The van der Waals surface area contributed by atoms with Crippen molar-refractivity contribution in [1.82, 2.24) is 0 Å². The number of rotatable bonds is 7. The van der Waals surface area contributed by atoms with E-state index in [2.05, 4.69) is 5.32 Å². The zero-order chi connectivity index (χ0) is 13.3. The topological polar surface area (TPSA) is 41.5 Å². The Labute approximate surface area is 114 Å². The Hall–Kier alpha value is -1.78. The lowest BCUT2D eigenvalue weighted by molar-refractivity contribution is 0.282. The number of aliphatic hydroxyl groups is 1. The molecular formula is C15H17BNO2. The first-order valence-electron chi connectivity index (χ1n) is 6.32. The van der Waals surface area contributed by atoms with Gasteiger partial charge in [-0.25, -0.2) is 0 Å². The molecule has 0 spiro atoms. The highest BCUT2D eigenvalue weighted by molar-refractivity contribution is 6.46. The van der Waals surface area contributed by atoms with E-state index in [0.29, 0.717) is 6.61 Å². The van der Waals surface area contributed by atoms with Crippen molar-refractivity contribution in [1.29, 1.82) is 0 Å². The van der Waals surface area contributed by atoms with Gasteiger partial charge in [0.25, 0.3) is 0 Å². The number of nitrogens with one attached hydrogen (secondary N) is 1. The molecule has 0 amide bonds. The van der Waals surface area contributed by atoms with E-state index in [-0.39, 0.29) is 6.61 Å². The highest BCUT2D eigenvalue weighted by Gasteiger charge is 1.99. The molecule has 0 saturated heterocycles. The van der Waals surface area contributed by atoms with Crippen molar-refractivity contribution in [2.45, 2.75) is 6.61 Å². The van der Waals surface area contributed by atoms with Gasteiger partial charge in [-0.3, -0.25) is 0 Å². The number of hydrogen-bond acceptors (Lipinski definition) is 3. The van der Waals surface area contributed by atoms with E-state index in [1.807, 2.05) is 54.6 Å². The summed E-state index contributed by atoms with van der Waals surface area (Å²) in [6, 6.07) is 17.7. The fourth-order valence-electron chi connectivity index (χ4n) is 1.73. The van der Waals surface area contributed by atoms with E-state index in [0.717, 1.165) is 23.3 Å². The van der Waals surface area contributed by atoms with Gasteiger partial charge in [-0.1, -0.05) is 47.9 Å². The van der Waals surface area contributed by atoms with Crippen LogP contribution in [-0.4, -0.2) is 25.7 Å². The summed E-state index contributed by atoms with van der Waals surface area (Å²) in [5.74, 6) is 0. The Bertz CT molecular complexity index is 491. The molecule has 0 heterocycles. The van der Waals surface area contributed by atoms with Gasteiger partial charge < -0.3 is 15.1 Å². The van der Waals surface area contributed by atoms with E-state index in [9.17, 15) is 0 Å². The molecule has 2 N–H and O–H groups in total. The summed E-state index contributed by atoms with van der Waals surface area (Å²) in [6.07, 6.45) is 0. The van der Waals surface area contributed by atoms with Gasteiger partial charge in [0.1, 0.15) is 0 Å². The maximum Gasteiger partial charge on any atom is 0.330 e. The second kappa shape index (κ2) is 7.61. The lowest BCUT2D eigenvalue weighted by Crippen LogP contribution is -2.21. The third-order valence-corrected chi connectivity index (χ3v) is 2.68. The van der Waals surface area contributed by atoms with Crippen LogP contribution >= 0.6 is 0 Å². The van der Waals surface area contributed by atoms with Crippen LogP contribution < -0.4 is 10.8 Å². The second-order valence-electron chi connectivity index (χ2n) is 4.18. The molecule has 97 valence electrons. The number of hydrogen-bond donors (Lipinski definition) is 2. The molecule has 2 aromatic rings. The molecule has 2 aromatic carbocycles. The van der Waals surface area contributed by atoms with Crippen LogP contribution in [0.4, 0.5) is 5.69 Å². The quantitative estimate of drug-likeness (QED) is 0.582. The molecule has 0 atom stereocenters. The highest BCUT2D eigenvalue weighted by atomic mass is 16.4. The molecular weight excluding hydrogens is 237 g/mol. The van der Waals surface area contributed by atoms with Crippen LogP contribution in [0.2, 0.25) is 0 Å². The van der Waals surface area contributed by atoms with Crippen molar-refractivity contribution < 1.29 is 9.76 Å². The van der Waals surface area contributed by atoms with Crippen molar-refractivity contribution in [3.05, 3.63) is 60.2 Å². The second-order valence-corrected chi connectivity index (χ2v) is 4.18. The summed E-state index contributed by atoms with van der Waals surface area (Å²) in [4.78, 5) is 0. The maximum atomic E-state index is 9.03. The van der Waals surface area contributed by atoms with Crippen LogP contribution in [0.25, 0.3) is 0 Å². The van der Waals surface area contributed by atoms with E-state index in [1.54, 1.807) is 7.48 Å². The minimum absolute atomic E-state index is 0.0528. The van der Waals surface area contributed by atoms with Crippen molar-refractivity contribution in [2.24, 2.45) is 0 Å². The molecule has 0 fully saturated rings. The van der Waals surface area contributed by atoms with Crippen LogP contribution in [0, 0.1) is 0 Å². The fourth-order valence-corrected chi connectivity index (χ4v) is 1.73. The normalized spacial score (nSPS) is 10.2. The van der Waals surface area contributed by atoms with Gasteiger partial charge in [0.05, 0.1) is 6.61 Å². The lowest BCUT2D eigenvalue weighted by Gasteiger charge is -2.07. The van der Waals surface area contributed by atoms with Crippen LogP contribution in [-0.2, 0) is 11.3 Å². The summed E-state index contributed by atoms with van der Waals surface area (Å²) in [5, 5.41) is 12.3. The Morgan fingerprint density at radius 3 is 2.68 bits per heavy atom. The zero-order valence-electron chi connectivity index (χ0n) is 10.8. The number of aliphatic hydroxyl groups excluding tert-OH is 1. The molecule has 0 aliphatic carbocycles. The van der Waals surface area contributed by atoms with Crippen molar-refractivity contribution in [3.63, 3.8) is 0 Å². The van der Waals surface area contributed by atoms with Crippen LogP contribution in [0.3, 0.4) is 0 Å². The molecule has 2 rings (SSSR count). The van der Waals surface area contributed by atoms with Gasteiger partial charge in [0.2, 0.25) is 0 Å². The van der Waals surface area contributed by atoms with Gasteiger partial charge >= 0.3 is 7.48 Å². The first-order valence-corrected chi connectivity index (χ1v) is 6.32. The smallest absolute Gasteiger partial charge is 0.330 e. The van der Waals surface area contributed by atoms with E-state index >= 15 is 0 Å². The van der Waals surface area contributed by atoms with Crippen LogP contribution in [0.15, 0.2) is 54.6 Å². The molecule has 4 heteroatoms. The molecule has 0 unspecified atom stereocenters. The summed E-state index contributed by atoms with van der Waals surface area (Å²) < 4.78 is 5.47. The van der Waals surface area contributed by atoms with Gasteiger partial charge in [-0.2, -0.15) is 0 Å². The third-order valence-electron chi connectivity index (χ3n) is 2.68. The minimum Gasteiger partial charge on any atom is -0.432 e. The zero-order valence-corrected chi connectivity index (χ0v) is 10.8. The Kier molecular flexibility index (Phi) is 5.47. The molecule has 0 aromatic heterocycles. The van der Waals surface area contributed by atoms with Gasteiger partial charge in [-0.15, -0.1) is 0 Å². The summed E-state index contributed by atoms with van der Waals surface area (Å²) in [7, 11) is 1.71. The molecule has 0 aliphatic heterocycles. The van der Waals surface area contributed by atoms with E-state index < -0.39 is 0 Å². The molecule has 19 heavy (non-hydrogen) atoms. The van der Waals surface area contributed by atoms with Crippen molar-refractivity contribution in [3.8, 4) is 0 Å². The number of benzene rings is 2. The summed E-state index contributed by atoms with van der Waals surface area (Å²) >= 11 is 0. The molecule has 1 radical (unpaired) electrons. The van der Waals surface area contributed by atoms with E-state index in [4.69, 9.17) is 9.76 Å². The predicted molar refractivity (Wildman–Crippen MR) is 78.6 cm³/mol. The SMILES string of the molecule is OCc1cccc([B]OCCNc2ccccc2)c1. The molecule has 0 bridgehead atoms. The summed E-state index contributed by atoms with van der Waals surface area (Å²) in [6.45, 7) is 1.40. The maximum absolute atomic E-state index is 9.03. The fraction of sp³-hybridized carbons (Fsp3) is 0.200. The average molecular weight is 254 g/mol. The molecule has 0 aliphatic rings. The number of para-hydroxylation sites is 1. The predicted octanol–water partition coefficient (Wildman–Crippen LogP) is 1.55. The van der Waals surface area contributed by atoms with Crippen LogP contribution in [0.1, 0.15) is 5.56 Å². The Morgan fingerprint density at radius 2 is 1.89 bits per heavy atom. The van der Waals surface area contributed by atoms with Crippen molar-refractivity contribution >= 4 is 18.6 Å². The average Bonchev–Trinajstić information content (AvgIpc) is 2.48. The molecule has 0 saturated carbocycles. The van der Waals surface area contributed by atoms with Gasteiger partial charge in [0.15, 0.2) is 0 Å². The van der Waals surface area contributed by atoms with Gasteiger partial charge in [-0.05, 0) is 17.7 Å². The first kappa shape index (κ1) is 13.7. The Morgan fingerprint density at radius 1 is 1.05 bits per heavy atom. The third kappa shape index (κ3) is 4.77. The standard InChI is InChI=1S/C15H17BNO2/c18-12-13-5-4-6-14(11-13)16-19-10-9-17-15-7-2-1-3-8-15/h1-8,11,17-18H,9-10,12H2. The monoisotopic (exact) mass is 254 g/mol. The number of anilines is 1. The first-order chi connectivity index (χ1) is 9.38. The molecule has 3 nitrogen and oxygen atoms in total. The van der Waals surface area contributed by atoms with E-state index in [1.165, 1.54) is 0 Å². The summed E-state index contributed by atoms with van der Waals surface area (Å²) in [5.41, 5.74) is 2.94. The Balaban J connectivity index is 1.66. The van der Waals surface area contributed by atoms with Crippen molar-refractivity contribution in [2.75, 3.05) is 18.5 Å². The highest BCUT2D eigenvalue weighted by Crippen LogP contribution is 2.03.